The SMILES string of the molecule is CN=C(NC)NCCCCC(=O)Nc1cc(C(F)(F)F)cc(NC(=O)Nc2ccc(NC(=O)Nc3cc(C(F)(F)F)cc(NC(=O)CCCCNC(=NC)NC)c3N3CCN(C)CC3)cc2)c1N1CCC(C)CC1. The van der Waals surface area contributed by atoms with Crippen LogP contribution in [0.25, 0.3) is 0 Å². The van der Waals surface area contributed by atoms with Gasteiger partial charge in [0, 0.05) is 105 Å². The third kappa shape index (κ3) is 17.5. The van der Waals surface area contributed by atoms with E-state index in [2.05, 4.69) is 70.1 Å². The molecule has 0 aliphatic carbocycles. The van der Waals surface area contributed by atoms with Crippen LogP contribution in [0.5, 0.6) is 0 Å². The lowest BCUT2D eigenvalue weighted by atomic mass is 9.97. The van der Waals surface area contributed by atoms with Gasteiger partial charge >= 0.3 is 24.4 Å². The zero-order valence-electron chi connectivity index (χ0n) is 42.6. The summed E-state index contributed by atoms with van der Waals surface area (Å²) in [7, 11) is 8.56. The van der Waals surface area contributed by atoms with E-state index in [0.717, 1.165) is 37.1 Å². The maximum absolute atomic E-state index is 14.4. The fourth-order valence-corrected chi connectivity index (χ4v) is 8.35. The molecule has 0 radical (unpaired) electrons. The molecule has 25 heteroatoms. The molecule has 5 rings (SSSR count). The molecule has 3 aromatic rings. The van der Waals surface area contributed by atoms with E-state index < -0.39 is 47.4 Å². The number of carbonyl (C=O) groups is 4. The molecule has 19 nitrogen and oxygen atoms in total. The summed E-state index contributed by atoms with van der Waals surface area (Å²) < 4.78 is 86.5. The molecule has 3 aromatic carbocycles. The average Bonchev–Trinajstić information content (AvgIpc) is 3.34. The van der Waals surface area contributed by atoms with E-state index in [9.17, 15) is 45.5 Å². The van der Waals surface area contributed by atoms with Gasteiger partial charge in [0.25, 0.3) is 0 Å². The molecule has 0 aromatic heterocycles. The Morgan fingerprint density at radius 3 is 1.27 bits per heavy atom. The summed E-state index contributed by atoms with van der Waals surface area (Å²) in [5.41, 5.74) is -1.98. The number of benzene rings is 3. The zero-order chi connectivity index (χ0) is 54.0. The third-order valence-electron chi connectivity index (χ3n) is 12.4. The summed E-state index contributed by atoms with van der Waals surface area (Å²) >= 11 is 0. The van der Waals surface area contributed by atoms with E-state index in [-0.39, 0.29) is 58.3 Å². The van der Waals surface area contributed by atoms with Crippen molar-refractivity contribution in [2.24, 2.45) is 15.9 Å². The molecule has 0 bridgehead atoms. The number of alkyl halides is 6. The van der Waals surface area contributed by atoms with Gasteiger partial charge in [-0.25, -0.2) is 9.59 Å². The van der Waals surface area contributed by atoms with E-state index in [1.54, 1.807) is 28.2 Å². The summed E-state index contributed by atoms with van der Waals surface area (Å²) in [6, 6.07) is 7.20. The van der Waals surface area contributed by atoms with Crippen LogP contribution in [0.1, 0.15) is 69.4 Å². The van der Waals surface area contributed by atoms with Crippen molar-refractivity contribution in [3.05, 3.63) is 59.7 Å². The molecule has 2 saturated heterocycles. The number of unbranched alkanes of at least 4 members (excludes halogenated alkanes) is 2. The molecule has 2 fully saturated rings. The number of piperazine rings is 1. The van der Waals surface area contributed by atoms with Gasteiger partial charge < -0.3 is 67.9 Å². The molecule has 0 saturated carbocycles. The molecule has 406 valence electrons. The van der Waals surface area contributed by atoms with E-state index in [1.165, 1.54) is 24.3 Å². The third-order valence-corrected chi connectivity index (χ3v) is 12.4. The Morgan fingerprint density at radius 2 is 0.919 bits per heavy atom. The van der Waals surface area contributed by atoms with Crippen molar-refractivity contribution in [1.82, 2.24) is 26.2 Å². The van der Waals surface area contributed by atoms with E-state index in [4.69, 9.17) is 0 Å². The number of aliphatic imine (C=N–C) groups is 2. The topological polar surface area (TPSA) is 223 Å². The Hall–Kier alpha value is -7.18. The molecular formula is C49H69F6N15O4. The first-order valence-electron chi connectivity index (χ1n) is 24.5. The highest BCUT2D eigenvalue weighted by molar-refractivity contribution is 6.07. The van der Waals surface area contributed by atoms with Gasteiger partial charge in [-0.1, -0.05) is 6.92 Å². The Balaban J connectivity index is 1.31. The Kier molecular flexibility index (Phi) is 21.2. The fourth-order valence-electron chi connectivity index (χ4n) is 8.35. The van der Waals surface area contributed by atoms with Gasteiger partial charge in [0.2, 0.25) is 11.8 Å². The van der Waals surface area contributed by atoms with Gasteiger partial charge in [0.15, 0.2) is 11.9 Å². The largest absolute Gasteiger partial charge is 0.416 e. The van der Waals surface area contributed by atoms with Gasteiger partial charge in [0.1, 0.15) is 0 Å². The van der Waals surface area contributed by atoms with Crippen molar-refractivity contribution >= 4 is 81.3 Å². The Labute approximate surface area is 427 Å². The first kappa shape index (κ1) is 57.7. The van der Waals surface area contributed by atoms with Crippen LogP contribution in [-0.2, 0) is 21.9 Å². The number of likely N-dealkylation sites (N-methyl/N-ethyl adjacent to an activating group) is 1. The smallest absolute Gasteiger partial charge is 0.368 e. The minimum atomic E-state index is -4.84. The number of nitrogens with one attached hydrogen (secondary N) is 10. The minimum absolute atomic E-state index is 0.0206. The summed E-state index contributed by atoms with van der Waals surface area (Å²) in [6.07, 6.45) is -6.14. The Bertz CT molecular complexity index is 2270. The molecule has 2 aliphatic heterocycles. The standard InChI is InChI=1S/C49H69F6N15O4/c1-31-17-21-69(22-18-31)42-36(64-40(71)11-7-9-19-60-44(56-2)57-3)27-32(48(50,51)52)29-38(42)66-46(73)62-34-13-15-35(16-14-34)63-47(74)67-39-30-33(49(53,54)55)28-37(43(39)70-25-23-68(6)24-26-70)65-41(72)12-8-10-20-61-45(58-4)59-5/h13-16,27-31H,7-12,17-26H2,1-6H3,(H,64,71)(H,65,72)(H2,56,57,60)(H2,58,59,61)(H2,62,66,73)(H2,63,67,74). The number of urea groups is 2. The molecular weight excluding hydrogens is 977 g/mol. The lowest BCUT2D eigenvalue weighted by Gasteiger charge is -2.36. The zero-order valence-corrected chi connectivity index (χ0v) is 42.6. The number of hydrogen-bond donors (Lipinski definition) is 10. The fraction of sp³-hybridized carbons (Fsp3) is 0.510. The highest BCUT2D eigenvalue weighted by Gasteiger charge is 2.36. The van der Waals surface area contributed by atoms with Gasteiger partial charge in [-0.2, -0.15) is 26.3 Å². The highest BCUT2D eigenvalue weighted by atomic mass is 19.4. The van der Waals surface area contributed by atoms with Crippen LogP contribution in [0.3, 0.4) is 0 Å². The van der Waals surface area contributed by atoms with Crippen LogP contribution in [-0.4, -0.2) is 128 Å². The number of carbonyl (C=O) groups excluding carboxylic acids is 4. The van der Waals surface area contributed by atoms with E-state index in [0.29, 0.717) is 95.9 Å². The van der Waals surface area contributed by atoms with Gasteiger partial charge in [-0.3, -0.25) is 19.6 Å². The Morgan fingerprint density at radius 1 is 0.554 bits per heavy atom. The predicted octanol–water partition coefficient (Wildman–Crippen LogP) is 7.81. The van der Waals surface area contributed by atoms with Crippen LogP contribution in [0.4, 0.5) is 81.4 Å². The number of halogens is 6. The van der Waals surface area contributed by atoms with Crippen molar-refractivity contribution in [2.75, 3.05) is 129 Å². The lowest BCUT2D eigenvalue weighted by molar-refractivity contribution is -0.138. The second-order valence-corrected chi connectivity index (χ2v) is 18.0. The molecule has 0 spiro atoms. The van der Waals surface area contributed by atoms with Crippen molar-refractivity contribution in [3.8, 4) is 0 Å². The first-order valence-corrected chi connectivity index (χ1v) is 24.5. The van der Waals surface area contributed by atoms with Crippen molar-refractivity contribution in [3.63, 3.8) is 0 Å². The molecule has 2 heterocycles. The van der Waals surface area contributed by atoms with Gasteiger partial charge in [0.05, 0.1) is 45.3 Å². The number of hydrogen-bond acceptors (Lipinski definition) is 9. The van der Waals surface area contributed by atoms with Crippen LogP contribution < -0.4 is 63.0 Å². The predicted molar refractivity (Wildman–Crippen MR) is 281 cm³/mol. The van der Waals surface area contributed by atoms with Crippen LogP contribution in [0, 0.1) is 5.92 Å². The lowest BCUT2D eigenvalue weighted by Crippen LogP contribution is -2.45. The highest BCUT2D eigenvalue weighted by Crippen LogP contribution is 2.44. The monoisotopic (exact) mass is 1050 g/mol. The molecule has 0 atom stereocenters. The number of nitrogens with zero attached hydrogens (tertiary/aromatic N) is 5. The van der Waals surface area contributed by atoms with Gasteiger partial charge in [-0.05, 0) is 100 Å². The van der Waals surface area contributed by atoms with E-state index in [1.807, 2.05) is 21.7 Å². The van der Waals surface area contributed by atoms with Gasteiger partial charge in [-0.15, -0.1) is 0 Å². The molecule has 0 unspecified atom stereocenters. The molecule has 74 heavy (non-hydrogen) atoms. The number of anilines is 8. The summed E-state index contributed by atoms with van der Waals surface area (Å²) in [4.78, 5) is 67.4. The number of piperidine rings is 1. The second kappa shape index (κ2) is 27.2. The average molecular weight is 1050 g/mol. The molecule has 6 amide bonds. The van der Waals surface area contributed by atoms with Crippen molar-refractivity contribution in [1.29, 1.82) is 0 Å². The summed E-state index contributed by atoms with van der Waals surface area (Å²) in [6.45, 7) is 5.91. The van der Waals surface area contributed by atoms with E-state index >= 15 is 0 Å². The summed E-state index contributed by atoms with van der Waals surface area (Å²) in [5.74, 6) is 0.497. The van der Waals surface area contributed by atoms with Crippen LogP contribution >= 0.6 is 0 Å². The minimum Gasteiger partial charge on any atom is -0.368 e. The number of rotatable bonds is 18. The maximum Gasteiger partial charge on any atom is 0.416 e. The maximum atomic E-state index is 14.4. The van der Waals surface area contributed by atoms with Crippen molar-refractivity contribution < 1.29 is 45.5 Å². The molecule has 2 aliphatic rings. The van der Waals surface area contributed by atoms with Crippen LogP contribution in [0.15, 0.2) is 58.5 Å². The quantitative estimate of drug-likeness (QED) is 0.0256. The summed E-state index contributed by atoms with van der Waals surface area (Å²) in [5, 5.41) is 27.6. The number of amides is 6. The first-order chi connectivity index (χ1) is 35.2. The number of guanidine groups is 2. The van der Waals surface area contributed by atoms with Crippen LogP contribution in [0.2, 0.25) is 0 Å². The van der Waals surface area contributed by atoms with Crippen molar-refractivity contribution in [2.45, 2.75) is 70.6 Å². The second-order valence-electron chi connectivity index (χ2n) is 18.0. The normalized spacial score (nSPS) is 15.0. The molecule has 10 N–H and O–H groups in total.